The topological polar surface area (TPSA) is 109 Å². The average molecular weight is 355 g/mol. The number of hydrogen-bond acceptors (Lipinski definition) is 7. The van der Waals surface area contributed by atoms with E-state index in [1.54, 1.807) is 0 Å². The summed E-state index contributed by atoms with van der Waals surface area (Å²) in [4.78, 5) is 26.4. The molecule has 2 aromatic carbocycles. The third kappa shape index (κ3) is 4.27. The molecule has 9 heteroatoms. The van der Waals surface area contributed by atoms with Gasteiger partial charge in [0, 0.05) is 12.1 Å². The molecule has 0 saturated carbocycles. The number of azo groups is 1. The van der Waals surface area contributed by atoms with E-state index in [1.165, 1.54) is 36.0 Å². The van der Waals surface area contributed by atoms with Crippen LogP contribution < -0.4 is 5.32 Å². The number of non-ortho nitro benzene ring substituents is 1. The number of amides is 1. The number of thioether (sulfide) groups is 1. The molecule has 0 aromatic heterocycles. The Morgan fingerprint density at radius 3 is 2.36 bits per heavy atom. The Kier molecular flexibility index (Phi) is 4.85. The molecule has 1 aliphatic heterocycles. The molecule has 0 spiro atoms. The van der Waals surface area contributed by atoms with Crippen LogP contribution in [0.3, 0.4) is 0 Å². The van der Waals surface area contributed by atoms with Crippen molar-refractivity contribution in [3.8, 4) is 0 Å². The van der Waals surface area contributed by atoms with Crippen LogP contribution in [-0.2, 0) is 4.79 Å². The molecule has 8 nitrogen and oxygen atoms in total. The molecule has 0 radical (unpaired) electrons. The first kappa shape index (κ1) is 16.8. The largest absolute Gasteiger partial charge is 0.302 e. The van der Waals surface area contributed by atoms with Gasteiger partial charge in [-0.15, -0.1) is 0 Å². The first-order valence-electron chi connectivity index (χ1n) is 7.29. The van der Waals surface area contributed by atoms with Crippen molar-refractivity contribution in [3.63, 3.8) is 0 Å². The van der Waals surface area contributed by atoms with Crippen molar-refractivity contribution in [2.75, 3.05) is 0 Å². The summed E-state index contributed by atoms with van der Waals surface area (Å²) >= 11 is 1.17. The smallest absolute Gasteiger partial charge is 0.269 e. The Hall–Kier alpha value is -3.07. The van der Waals surface area contributed by atoms with E-state index in [2.05, 4.69) is 20.5 Å². The standard InChI is InChI=1S/C16H13N5O3S/c1-10-2-4-11(5-3-10)17-16-18-14(22)15(25-16)20-19-12-6-8-13(9-7-12)21(23)24/h2-9,15H,1H3,(H,17,18,22). The minimum atomic E-state index is -0.737. The Bertz CT molecular complexity index is 862. The van der Waals surface area contributed by atoms with Crippen molar-refractivity contribution in [2.24, 2.45) is 15.2 Å². The maximum Gasteiger partial charge on any atom is 0.269 e. The van der Waals surface area contributed by atoms with Crippen LogP contribution in [-0.4, -0.2) is 21.4 Å². The molecule has 1 unspecified atom stereocenters. The first-order valence-corrected chi connectivity index (χ1v) is 8.17. The number of nitro benzene ring substituents is 1. The number of aliphatic imine (C=N–C) groups is 1. The van der Waals surface area contributed by atoms with E-state index >= 15 is 0 Å². The lowest BCUT2D eigenvalue weighted by atomic mass is 10.2. The van der Waals surface area contributed by atoms with Gasteiger partial charge in [0.2, 0.25) is 5.37 Å². The molecule has 1 atom stereocenters. The van der Waals surface area contributed by atoms with E-state index in [0.717, 1.165) is 11.3 Å². The van der Waals surface area contributed by atoms with Crippen LogP contribution in [0.25, 0.3) is 0 Å². The second-order valence-corrected chi connectivity index (χ2v) is 6.27. The minimum absolute atomic E-state index is 0.0283. The molecule has 1 heterocycles. The van der Waals surface area contributed by atoms with Gasteiger partial charge >= 0.3 is 0 Å². The number of rotatable bonds is 4. The van der Waals surface area contributed by atoms with E-state index in [0.29, 0.717) is 10.9 Å². The average Bonchev–Trinajstić information content (AvgIpc) is 2.95. The summed E-state index contributed by atoms with van der Waals surface area (Å²) in [6.45, 7) is 1.98. The Balaban J connectivity index is 1.68. The summed E-state index contributed by atoms with van der Waals surface area (Å²) in [5.74, 6) is -0.304. The summed E-state index contributed by atoms with van der Waals surface area (Å²) in [7, 11) is 0. The fourth-order valence-corrected chi connectivity index (χ4v) is 2.77. The zero-order valence-corrected chi connectivity index (χ0v) is 13.9. The van der Waals surface area contributed by atoms with E-state index in [-0.39, 0.29) is 11.6 Å². The van der Waals surface area contributed by atoms with Gasteiger partial charge in [0.05, 0.1) is 16.3 Å². The van der Waals surface area contributed by atoms with Gasteiger partial charge < -0.3 is 5.32 Å². The maximum atomic E-state index is 11.9. The van der Waals surface area contributed by atoms with Gasteiger partial charge in [0.1, 0.15) is 0 Å². The zero-order valence-electron chi connectivity index (χ0n) is 13.1. The fraction of sp³-hybridized carbons (Fsp3) is 0.125. The molecule has 1 saturated heterocycles. The molecule has 1 amide bonds. The van der Waals surface area contributed by atoms with Crippen molar-refractivity contribution in [1.82, 2.24) is 5.32 Å². The highest BCUT2D eigenvalue weighted by molar-refractivity contribution is 8.15. The number of benzene rings is 2. The van der Waals surface area contributed by atoms with Gasteiger partial charge in [0.15, 0.2) is 5.17 Å². The van der Waals surface area contributed by atoms with Crippen LogP contribution in [0, 0.1) is 17.0 Å². The summed E-state index contributed by atoms with van der Waals surface area (Å²) in [6.07, 6.45) is 0. The molecule has 1 N–H and O–H groups in total. The maximum absolute atomic E-state index is 11.9. The van der Waals surface area contributed by atoms with Gasteiger partial charge in [-0.2, -0.15) is 10.2 Å². The number of carbonyl (C=O) groups excluding carboxylic acids is 1. The second-order valence-electron chi connectivity index (χ2n) is 5.20. The summed E-state index contributed by atoms with van der Waals surface area (Å²) in [5, 5.41) is 20.9. The van der Waals surface area contributed by atoms with Gasteiger partial charge in [-0.3, -0.25) is 14.9 Å². The molecule has 1 fully saturated rings. The number of carbonyl (C=O) groups is 1. The predicted octanol–water partition coefficient (Wildman–Crippen LogP) is 3.86. The third-order valence-electron chi connectivity index (χ3n) is 3.28. The highest BCUT2D eigenvalue weighted by Gasteiger charge is 2.30. The van der Waals surface area contributed by atoms with Crippen molar-refractivity contribution in [2.45, 2.75) is 12.3 Å². The molecule has 1 aliphatic rings. The molecule has 0 aliphatic carbocycles. The van der Waals surface area contributed by atoms with Gasteiger partial charge in [-0.25, -0.2) is 4.99 Å². The predicted molar refractivity (Wildman–Crippen MR) is 95.4 cm³/mol. The molecule has 2 aromatic rings. The SMILES string of the molecule is Cc1ccc(N=C2NC(=O)C(N=Nc3ccc([N+](=O)[O-])cc3)S2)cc1. The summed E-state index contributed by atoms with van der Waals surface area (Å²) in [6, 6.07) is 13.2. The van der Waals surface area contributed by atoms with Gasteiger partial charge in [-0.05, 0) is 43.0 Å². The van der Waals surface area contributed by atoms with E-state index in [1.807, 2.05) is 31.2 Å². The Morgan fingerprint density at radius 1 is 1.08 bits per heavy atom. The van der Waals surface area contributed by atoms with Crippen LogP contribution in [0.4, 0.5) is 17.1 Å². The number of amidine groups is 1. The highest BCUT2D eigenvalue weighted by atomic mass is 32.2. The lowest BCUT2D eigenvalue weighted by Crippen LogP contribution is -2.23. The van der Waals surface area contributed by atoms with E-state index in [4.69, 9.17) is 0 Å². The monoisotopic (exact) mass is 355 g/mol. The second kappa shape index (κ2) is 7.22. The van der Waals surface area contributed by atoms with Crippen molar-refractivity contribution >= 4 is 39.9 Å². The summed E-state index contributed by atoms with van der Waals surface area (Å²) in [5.41, 5.74) is 2.27. The van der Waals surface area contributed by atoms with E-state index in [9.17, 15) is 14.9 Å². The van der Waals surface area contributed by atoms with Crippen LogP contribution in [0.15, 0.2) is 63.8 Å². The lowest BCUT2D eigenvalue weighted by Gasteiger charge is -1.97. The van der Waals surface area contributed by atoms with E-state index < -0.39 is 10.3 Å². The number of nitrogens with zero attached hydrogens (tertiary/aromatic N) is 4. The highest BCUT2D eigenvalue weighted by Crippen LogP contribution is 2.26. The number of hydrogen-bond donors (Lipinski definition) is 1. The van der Waals surface area contributed by atoms with Crippen LogP contribution >= 0.6 is 11.8 Å². The number of nitro groups is 1. The minimum Gasteiger partial charge on any atom is -0.302 e. The van der Waals surface area contributed by atoms with Crippen LogP contribution in [0.2, 0.25) is 0 Å². The Morgan fingerprint density at radius 2 is 1.72 bits per heavy atom. The van der Waals surface area contributed by atoms with Gasteiger partial charge in [-0.1, -0.05) is 17.7 Å². The molecular formula is C16H13N5O3S. The molecule has 0 bridgehead atoms. The van der Waals surface area contributed by atoms with Crippen LogP contribution in [0.1, 0.15) is 5.56 Å². The summed E-state index contributed by atoms with van der Waals surface area (Å²) < 4.78 is 0. The first-order chi connectivity index (χ1) is 12.0. The number of nitrogens with one attached hydrogen (secondary N) is 1. The Labute approximate surface area is 147 Å². The third-order valence-corrected chi connectivity index (χ3v) is 4.23. The zero-order chi connectivity index (χ0) is 17.8. The number of aryl methyl sites for hydroxylation is 1. The van der Waals surface area contributed by atoms with Crippen molar-refractivity contribution < 1.29 is 9.72 Å². The van der Waals surface area contributed by atoms with Crippen LogP contribution in [0.5, 0.6) is 0 Å². The molecule has 3 rings (SSSR count). The molecule has 25 heavy (non-hydrogen) atoms. The van der Waals surface area contributed by atoms with Gasteiger partial charge in [0.25, 0.3) is 11.6 Å². The molecular weight excluding hydrogens is 342 g/mol. The molecule has 126 valence electrons. The lowest BCUT2D eigenvalue weighted by molar-refractivity contribution is -0.384. The van der Waals surface area contributed by atoms with Crippen molar-refractivity contribution in [1.29, 1.82) is 0 Å². The normalized spacial score (nSPS) is 18.7. The fourth-order valence-electron chi connectivity index (χ4n) is 1.98. The quantitative estimate of drug-likeness (QED) is 0.510. The van der Waals surface area contributed by atoms with Crippen molar-refractivity contribution in [3.05, 3.63) is 64.2 Å².